The lowest BCUT2D eigenvalue weighted by Crippen LogP contribution is -2.44. The molecule has 0 unspecified atom stereocenters. The quantitative estimate of drug-likeness (QED) is 0.738. The number of rotatable bonds is 3. The molecule has 0 N–H and O–H groups in total. The van der Waals surface area contributed by atoms with E-state index in [0.717, 1.165) is 30.3 Å². The predicted octanol–water partition coefficient (Wildman–Crippen LogP) is 2.41. The van der Waals surface area contributed by atoms with Crippen LogP contribution in [0.5, 0.6) is 0 Å². The third-order valence-corrected chi connectivity index (χ3v) is 5.45. The van der Waals surface area contributed by atoms with Gasteiger partial charge in [-0.1, -0.05) is 0 Å². The summed E-state index contributed by atoms with van der Waals surface area (Å²) >= 11 is 1.74. The lowest BCUT2D eigenvalue weighted by molar-refractivity contribution is 0.0273. The molecule has 4 heterocycles. The number of fused-ring (bicyclic) bond motifs is 1. The third-order valence-electron chi connectivity index (χ3n) is 4.33. The summed E-state index contributed by atoms with van der Waals surface area (Å²) in [4.78, 5) is 13.7. The van der Waals surface area contributed by atoms with E-state index in [1.54, 1.807) is 23.9 Å². The molecule has 1 aliphatic heterocycles. The van der Waals surface area contributed by atoms with Gasteiger partial charge in [0, 0.05) is 30.4 Å². The first-order valence-corrected chi connectivity index (χ1v) is 8.58. The van der Waals surface area contributed by atoms with Gasteiger partial charge in [0.05, 0.1) is 24.6 Å². The van der Waals surface area contributed by atoms with Gasteiger partial charge in [-0.3, -0.25) is 4.68 Å². The van der Waals surface area contributed by atoms with Gasteiger partial charge >= 0.3 is 0 Å². The molecule has 4 rings (SSSR count). The van der Waals surface area contributed by atoms with Crippen LogP contribution in [0.4, 0.5) is 5.82 Å². The van der Waals surface area contributed by atoms with Crippen LogP contribution < -0.4 is 4.90 Å². The molecule has 0 radical (unpaired) electrons. The Morgan fingerprint density at radius 1 is 1.35 bits per heavy atom. The molecule has 1 aliphatic rings. The van der Waals surface area contributed by atoms with Crippen molar-refractivity contribution in [2.45, 2.75) is 26.5 Å². The zero-order chi connectivity index (χ0) is 15.8. The zero-order valence-electron chi connectivity index (χ0n) is 13.3. The van der Waals surface area contributed by atoms with Crippen LogP contribution >= 0.6 is 11.3 Å². The molecular weight excluding hydrogens is 310 g/mol. The summed E-state index contributed by atoms with van der Waals surface area (Å²) in [6.07, 6.45) is 5.56. The molecule has 0 bridgehead atoms. The van der Waals surface area contributed by atoms with Crippen molar-refractivity contribution in [1.82, 2.24) is 19.7 Å². The van der Waals surface area contributed by atoms with E-state index in [9.17, 15) is 0 Å². The standard InChI is InChI=1S/C16H19N5OS/c1-11-12(2)23-16-14(11)15(17-10-18-16)20-6-7-22-13(8-20)9-21-5-3-4-19-21/h3-5,10,13H,6-9H2,1-2H3/t13-/m0/s1. The van der Waals surface area contributed by atoms with Crippen LogP contribution in [0.25, 0.3) is 10.2 Å². The van der Waals surface area contributed by atoms with Crippen LogP contribution in [0.15, 0.2) is 24.8 Å². The van der Waals surface area contributed by atoms with Crippen molar-refractivity contribution in [2.24, 2.45) is 0 Å². The Hall–Kier alpha value is -1.99. The van der Waals surface area contributed by atoms with E-state index in [0.29, 0.717) is 6.61 Å². The summed E-state index contributed by atoms with van der Waals surface area (Å²) in [5.41, 5.74) is 1.29. The van der Waals surface area contributed by atoms with E-state index >= 15 is 0 Å². The van der Waals surface area contributed by atoms with Crippen LogP contribution in [0, 0.1) is 13.8 Å². The number of hydrogen-bond donors (Lipinski definition) is 0. The molecule has 3 aromatic rings. The summed E-state index contributed by atoms with van der Waals surface area (Å²) in [5.74, 6) is 1.03. The van der Waals surface area contributed by atoms with Crippen LogP contribution in [-0.4, -0.2) is 45.5 Å². The van der Waals surface area contributed by atoms with Crippen LogP contribution in [0.3, 0.4) is 0 Å². The summed E-state index contributed by atoms with van der Waals surface area (Å²) in [5, 5.41) is 5.46. The van der Waals surface area contributed by atoms with Crippen molar-refractivity contribution in [2.75, 3.05) is 24.6 Å². The van der Waals surface area contributed by atoms with Crippen molar-refractivity contribution in [3.63, 3.8) is 0 Å². The van der Waals surface area contributed by atoms with Gasteiger partial charge in [-0.25, -0.2) is 9.97 Å². The highest BCUT2D eigenvalue weighted by Crippen LogP contribution is 2.34. The van der Waals surface area contributed by atoms with Crippen molar-refractivity contribution in [3.8, 4) is 0 Å². The number of thiophene rings is 1. The summed E-state index contributed by atoms with van der Waals surface area (Å²) in [6.45, 7) is 7.45. The topological polar surface area (TPSA) is 56.1 Å². The lowest BCUT2D eigenvalue weighted by Gasteiger charge is -2.34. The molecule has 1 atom stereocenters. The molecule has 3 aromatic heterocycles. The van der Waals surface area contributed by atoms with E-state index in [-0.39, 0.29) is 6.10 Å². The molecule has 120 valence electrons. The van der Waals surface area contributed by atoms with Gasteiger partial charge in [-0.2, -0.15) is 5.10 Å². The largest absolute Gasteiger partial charge is 0.373 e. The minimum Gasteiger partial charge on any atom is -0.373 e. The van der Waals surface area contributed by atoms with Gasteiger partial charge in [-0.05, 0) is 25.5 Å². The number of aromatic nitrogens is 4. The van der Waals surface area contributed by atoms with E-state index in [1.165, 1.54) is 15.8 Å². The Bertz CT molecular complexity index is 813. The molecule has 0 aliphatic carbocycles. The van der Waals surface area contributed by atoms with Crippen LogP contribution in [-0.2, 0) is 11.3 Å². The van der Waals surface area contributed by atoms with Crippen LogP contribution in [0.1, 0.15) is 10.4 Å². The molecule has 1 saturated heterocycles. The molecule has 6 nitrogen and oxygen atoms in total. The van der Waals surface area contributed by atoms with Crippen molar-refractivity contribution in [1.29, 1.82) is 0 Å². The van der Waals surface area contributed by atoms with Gasteiger partial charge in [0.2, 0.25) is 0 Å². The monoisotopic (exact) mass is 329 g/mol. The van der Waals surface area contributed by atoms with Crippen LogP contribution in [0.2, 0.25) is 0 Å². The molecule has 0 amide bonds. The Morgan fingerprint density at radius 3 is 3.09 bits per heavy atom. The molecule has 0 spiro atoms. The number of nitrogens with zero attached hydrogens (tertiary/aromatic N) is 5. The lowest BCUT2D eigenvalue weighted by atomic mass is 10.2. The van der Waals surface area contributed by atoms with Gasteiger partial charge in [0.1, 0.15) is 17.0 Å². The molecule has 1 fully saturated rings. The van der Waals surface area contributed by atoms with Crippen molar-refractivity contribution >= 4 is 27.4 Å². The SMILES string of the molecule is Cc1sc2ncnc(N3CCO[C@H](Cn4cccn4)C3)c2c1C. The normalized spacial score (nSPS) is 18.7. The van der Waals surface area contributed by atoms with E-state index in [2.05, 4.69) is 33.8 Å². The highest BCUT2D eigenvalue weighted by Gasteiger charge is 2.25. The average Bonchev–Trinajstić information content (AvgIpc) is 3.16. The highest BCUT2D eigenvalue weighted by atomic mass is 32.1. The Balaban J connectivity index is 1.62. The molecule has 0 saturated carbocycles. The number of ether oxygens (including phenoxy) is 1. The second-order valence-electron chi connectivity index (χ2n) is 5.83. The Morgan fingerprint density at radius 2 is 2.26 bits per heavy atom. The smallest absolute Gasteiger partial charge is 0.141 e. The zero-order valence-corrected chi connectivity index (χ0v) is 14.1. The molecule has 23 heavy (non-hydrogen) atoms. The molecule has 7 heteroatoms. The van der Waals surface area contributed by atoms with Gasteiger partial charge in [0.15, 0.2) is 0 Å². The first kappa shape index (κ1) is 14.6. The molecular formula is C16H19N5OS. The van der Waals surface area contributed by atoms with Crippen molar-refractivity contribution < 1.29 is 4.74 Å². The highest BCUT2D eigenvalue weighted by molar-refractivity contribution is 7.18. The summed E-state index contributed by atoms with van der Waals surface area (Å²) < 4.78 is 7.83. The maximum absolute atomic E-state index is 5.91. The number of aryl methyl sites for hydroxylation is 2. The third kappa shape index (κ3) is 2.70. The minimum atomic E-state index is 0.119. The Kier molecular flexibility index (Phi) is 3.74. The van der Waals surface area contributed by atoms with Crippen molar-refractivity contribution in [3.05, 3.63) is 35.2 Å². The fraction of sp³-hybridized carbons (Fsp3) is 0.438. The number of hydrogen-bond acceptors (Lipinski definition) is 6. The maximum Gasteiger partial charge on any atom is 0.141 e. The van der Waals surface area contributed by atoms with E-state index in [4.69, 9.17) is 4.74 Å². The minimum absolute atomic E-state index is 0.119. The summed E-state index contributed by atoms with van der Waals surface area (Å²) in [6, 6.07) is 1.94. The predicted molar refractivity (Wildman–Crippen MR) is 91.1 cm³/mol. The van der Waals surface area contributed by atoms with E-state index in [1.807, 2.05) is 16.9 Å². The fourth-order valence-electron chi connectivity index (χ4n) is 3.04. The summed E-state index contributed by atoms with van der Waals surface area (Å²) in [7, 11) is 0. The van der Waals surface area contributed by atoms with Gasteiger partial charge in [-0.15, -0.1) is 11.3 Å². The first-order chi connectivity index (χ1) is 11.2. The molecule has 0 aromatic carbocycles. The maximum atomic E-state index is 5.91. The average molecular weight is 329 g/mol. The second-order valence-corrected chi connectivity index (χ2v) is 7.03. The van der Waals surface area contributed by atoms with Gasteiger partial charge in [0.25, 0.3) is 0 Å². The fourth-order valence-corrected chi connectivity index (χ4v) is 4.03. The number of morpholine rings is 1. The Labute approximate surface area is 138 Å². The first-order valence-electron chi connectivity index (χ1n) is 7.77. The second kappa shape index (κ2) is 5.90. The number of anilines is 1. The van der Waals surface area contributed by atoms with Gasteiger partial charge < -0.3 is 9.64 Å². The van der Waals surface area contributed by atoms with E-state index < -0.39 is 0 Å².